The fourth-order valence-electron chi connectivity index (χ4n) is 4.91. The van der Waals surface area contributed by atoms with Gasteiger partial charge in [-0.25, -0.2) is 4.39 Å². The quantitative estimate of drug-likeness (QED) is 0.559. The Morgan fingerprint density at radius 2 is 1.76 bits per heavy atom. The Kier molecular flexibility index (Phi) is 10.0. The number of primary amides is 1. The maximum Gasteiger partial charge on any atom is 0.253 e. The third-order valence-corrected chi connectivity index (χ3v) is 6.74. The number of amides is 2. The molecule has 2 heterocycles. The predicted octanol–water partition coefficient (Wildman–Crippen LogP) is 4.40. The van der Waals surface area contributed by atoms with E-state index in [1.807, 2.05) is 41.3 Å². The van der Waals surface area contributed by atoms with Gasteiger partial charge in [0, 0.05) is 25.2 Å². The highest BCUT2D eigenvalue weighted by Crippen LogP contribution is 2.29. The van der Waals surface area contributed by atoms with Crippen molar-refractivity contribution in [2.24, 2.45) is 11.7 Å². The van der Waals surface area contributed by atoms with Gasteiger partial charge in [-0.1, -0.05) is 12.1 Å². The molecule has 0 aliphatic carbocycles. The van der Waals surface area contributed by atoms with Crippen molar-refractivity contribution in [3.8, 4) is 22.9 Å². The number of halogens is 1. The van der Waals surface area contributed by atoms with Gasteiger partial charge in [-0.2, -0.15) is 5.26 Å². The Labute approximate surface area is 219 Å². The number of ether oxygens (including phenoxy) is 1. The largest absolute Gasteiger partial charge is 0.493 e. The normalized spacial score (nSPS) is 16.4. The SMILES string of the molecule is CC(C)(F)CN1CCC(COc2ccc(-c3ccc(C(=O)N4CCCC4)cc3)c(C#N)c2)CC1.NC=O. The third-order valence-electron chi connectivity index (χ3n) is 6.74. The molecule has 2 fully saturated rings. The number of nitrogens with zero attached hydrogens (tertiary/aromatic N) is 3. The summed E-state index contributed by atoms with van der Waals surface area (Å²) in [5, 5.41) is 9.73. The summed E-state index contributed by atoms with van der Waals surface area (Å²) < 4.78 is 19.9. The molecule has 2 aromatic rings. The first-order valence-corrected chi connectivity index (χ1v) is 12.9. The summed E-state index contributed by atoms with van der Waals surface area (Å²) in [6.45, 7) is 7.76. The number of hydrogen-bond acceptors (Lipinski definition) is 5. The molecule has 37 heavy (non-hydrogen) atoms. The Balaban J connectivity index is 0.00000121. The van der Waals surface area contributed by atoms with Crippen LogP contribution in [0.15, 0.2) is 42.5 Å². The molecule has 2 aromatic carbocycles. The average Bonchev–Trinajstić information content (AvgIpc) is 3.42. The van der Waals surface area contributed by atoms with Crippen LogP contribution in [0.2, 0.25) is 0 Å². The van der Waals surface area contributed by atoms with Crippen LogP contribution in [0.1, 0.15) is 55.5 Å². The van der Waals surface area contributed by atoms with Crippen molar-refractivity contribution in [3.05, 3.63) is 53.6 Å². The maximum atomic E-state index is 13.9. The highest BCUT2D eigenvalue weighted by atomic mass is 19.1. The first-order chi connectivity index (χ1) is 17.7. The fraction of sp³-hybridized carbons (Fsp3) is 0.483. The lowest BCUT2D eigenvalue weighted by atomic mass is 9.96. The Morgan fingerprint density at radius 3 is 2.32 bits per heavy atom. The van der Waals surface area contributed by atoms with E-state index in [9.17, 15) is 14.4 Å². The van der Waals surface area contributed by atoms with Crippen molar-refractivity contribution in [2.45, 2.75) is 45.2 Å². The Bertz CT molecular complexity index is 1080. The van der Waals surface area contributed by atoms with Crippen LogP contribution in [0, 0.1) is 17.2 Å². The van der Waals surface area contributed by atoms with Gasteiger partial charge in [0.15, 0.2) is 0 Å². The number of likely N-dealkylation sites (tertiary alicyclic amines) is 2. The molecule has 2 saturated heterocycles. The van der Waals surface area contributed by atoms with Crippen LogP contribution in [0.5, 0.6) is 5.75 Å². The fourth-order valence-corrected chi connectivity index (χ4v) is 4.91. The number of alkyl halides is 1. The van der Waals surface area contributed by atoms with Crippen LogP contribution in [-0.4, -0.2) is 67.1 Å². The third kappa shape index (κ3) is 8.29. The maximum absolute atomic E-state index is 13.9. The molecule has 2 aliphatic heterocycles. The average molecular weight is 509 g/mol. The minimum Gasteiger partial charge on any atom is -0.493 e. The van der Waals surface area contributed by atoms with Gasteiger partial charge in [0.1, 0.15) is 11.4 Å². The van der Waals surface area contributed by atoms with E-state index in [1.54, 1.807) is 19.9 Å². The van der Waals surface area contributed by atoms with Crippen molar-refractivity contribution in [3.63, 3.8) is 0 Å². The molecule has 0 atom stereocenters. The molecular formula is C29H37FN4O3. The Hall–Kier alpha value is -3.44. The summed E-state index contributed by atoms with van der Waals surface area (Å²) in [5.74, 6) is 1.20. The lowest BCUT2D eigenvalue weighted by Crippen LogP contribution is -2.41. The lowest BCUT2D eigenvalue weighted by Gasteiger charge is -2.34. The van der Waals surface area contributed by atoms with E-state index in [0.29, 0.717) is 35.9 Å². The number of carbonyl (C=O) groups is 2. The van der Waals surface area contributed by atoms with Gasteiger partial charge in [0.2, 0.25) is 6.41 Å². The topological polar surface area (TPSA) is 99.7 Å². The second kappa shape index (κ2) is 13.2. The van der Waals surface area contributed by atoms with Crippen LogP contribution >= 0.6 is 0 Å². The highest BCUT2D eigenvalue weighted by molar-refractivity contribution is 5.95. The van der Waals surface area contributed by atoms with Crippen molar-refractivity contribution < 1.29 is 18.7 Å². The molecule has 0 unspecified atom stereocenters. The van der Waals surface area contributed by atoms with Gasteiger partial charge in [-0.15, -0.1) is 0 Å². The van der Waals surface area contributed by atoms with Gasteiger partial charge in [-0.3, -0.25) is 9.59 Å². The lowest BCUT2D eigenvalue weighted by molar-refractivity contribution is -0.106. The van der Waals surface area contributed by atoms with E-state index < -0.39 is 5.67 Å². The molecule has 0 spiro atoms. The van der Waals surface area contributed by atoms with Crippen molar-refractivity contribution in [1.29, 1.82) is 5.26 Å². The minimum atomic E-state index is -1.16. The zero-order valence-corrected chi connectivity index (χ0v) is 21.8. The molecule has 7 nitrogen and oxygen atoms in total. The number of carbonyl (C=O) groups excluding carboxylic acids is 2. The van der Waals surface area contributed by atoms with Crippen LogP contribution in [0.25, 0.3) is 11.1 Å². The molecule has 2 aliphatic rings. The molecule has 0 aromatic heterocycles. The first-order valence-electron chi connectivity index (χ1n) is 12.9. The summed E-state index contributed by atoms with van der Waals surface area (Å²) >= 11 is 0. The second-order valence-corrected chi connectivity index (χ2v) is 10.3. The molecule has 4 rings (SSSR count). The summed E-state index contributed by atoms with van der Waals surface area (Å²) in [5.41, 5.74) is 5.98. The zero-order chi connectivity index (χ0) is 26.8. The minimum absolute atomic E-state index is 0.0764. The Morgan fingerprint density at radius 1 is 1.14 bits per heavy atom. The molecule has 2 N–H and O–H groups in total. The van der Waals surface area contributed by atoms with Gasteiger partial charge in [-0.05, 0) is 100.0 Å². The summed E-state index contributed by atoms with van der Waals surface area (Å²) in [6, 6.07) is 15.4. The monoisotopic (exact) mass is 508 g/mol. The van der Waals surface area contributed by atoms with Crippen LogP contribution in [0.4, 0.5) is 4.39 Å². The van der Waals surface area contributed by atoms with E-state index in [-0.39, 0.29) is 12.3 Å². The molecule has 0 radical (unpaired) electrons. The van der Waals surface area contributed by atoms with Crippen LogP contribution in [-0.2, 0) is 4.79 Å². The van der Waals surface area contributed by atoms with Crippen LogP contribution < -0.4 is 10.5 Å². The first kappa shape index (κ1) is 28.1. The van der Waals surface area contributed by atoms with Crippen LogP contribution in [0.3, 0.4) is 0 Å². The molecule has 8 heteroatoms. The van der Waals surface area contributed by atoms with E-state index in [0.717, 1.165) is 63.0 Å². The molecule has 0 bridgehead atoms. The number of nitrogens with two attached hydrogens (primary N) is 1. The van der Waals surface area contributed by atoms with E-state index in [1.165, 1.54) is 0 Å². The van der Waals surface area contributed by atoms with Gasteiger partial charge < -0.3 is 20.3 Å². The number of benzene rings is 2. The van der Waals surface area contributed by atoms with Gasteiger partial charge >= 0.3 is 0 Å². The standard InChI is InChI=1S/C28H34FN3O2.CH3NO/c1-28(2,29)20-31-15-11-21(12-16-31)19-34-25-9-10-26(24(17-25)18-30)22-5-7-23(8-6-22)27(33)32-13-3-4-14-32;2-1-3/h5-10,17,21H,3-4,11-16,19-20H2,1-2H3;1H,(H2,2,3). The molecule has 0 saturated carbocycles. The smallest absolute Gasteiger partial charge is 0.253 e. The zero-order valence-electron chi connectivity index (χ0n) is 21.8. The molecule has 2 amide bonds. The second-order valence-electron chi connectivity index (χ2n) is 10.3. The van der Waals surface area contributed by atoms with Crippen molar-refractivity contribution in [1.82, 2.24) is 9.80 Å². The highest BCUT2D eigenvalue weighted by Gasteiger charge is 2.25. The number of piperidine rings is 1. The summed E-state index contributed by atoms with van der Waals surface area (Å²) in [6.07, 6.45) is 4.37. The summed E-state index contributed by atoms with van der Waals surface area (Å²) in [4.78, 5) is 25.2. The van der Waals surface area contributed by atoms with Crippen molar-refractivity contribution >= 4 is 12.3 Å². The van der Waals surface area contributed by atoms with Gasteiger partial charge in [0.05, 0.1) is 18.2 Å². The van der Waals surface area contributed by atoms with E-state index >= 15 is 0 Å². The summed E-state index contributed by atoms with van der Waals surface area (Å²) in [7, 11) is 0. The number of hydrogen-bond donors (Lipinski definition) is 1. The number of nitriles is 1. The van der Waals surface area contributed by atoms with E-state index in [2.05, 4.69) is 16.7 Å². The van der Waals surface area contributed by atoms with Gasteiger partial charge in [0.25, 0.3) is 5.91 Å². The molecule has 198 valence electrons. The molecular weight excluding hydrogens is 471 g/mol. The van der Waals surface area contributed by atoms with E-state index in [4.69, 9.17) is 9.53 Å². The predicted molar refractivity (Wildman–Crippen MR) is 142 cm³/mol. The van der Waals surface area contributed by atoms with Crippen molar-refractivity contribution in [2.75, 3.05) is 39.3 Å². The number of rotatable bonds is 7.